The molecule has 220 valence electrons. The zero-order valence-corrected chi connectivity index (χ0v) is 25.0. The lowest BCUT2D eigenvalue weighted by molar-refractivity contribution is 0.0903. The van der Waals surface area contributed by atoms with Crippen LogP contribution in [0.15, 0.2) is 40.9 Å². The third-order valence-corrected chi connectivity index (χ3v) is 10.3. The molecule has 0 bridgehead atoms. The summed E-state index contributed by atoms with van der Waals surface area (Å²) in [7, 11) is 0.891. The first-order valence-corrected chi connectivity index (χ1v) is 16.2. The predicted octanol–water partition coefficient (Wildman–Crippen LogP) is 2.96. The fourth-order valence-electron chi connectivity index (χ4n) is 6.62. The number of carbonyl (C=O) groups is 1. The summed E-state index contributed by atoms with van der Waals surface area (Å²) in [6.07, 6.45) is 6.47. The number of benzene rings is 1. The van der Waals surface area contributed by atoms with Crippen molar-refractivity contribution in [2.45, 2.75) is 74.9 Å². The van der Waals surface area contributed by atoms with Gasteiger partial charge in [0.25, 0.3) is 5.91 Å². The monoisotopic (exact) mass is 579 g/mol. The summed E-state index contributed by atoms with van der Waals surface area (Å²) < 4.78 is 18.4. The lowest BCUT2D eigenvalue weighted by Gasteiger charge is -2.29. The molecule has 1 amide bonds. The van der Waals surface area contributed by atoms with Crippen molar-refractivity contribution in [3.05, 3.63) is 52.9 Å². The Kier molecular flexibility index (Phi) is 8.28. The molecule has 10 nitrogen and oxygen atoms in total. The van der Waals surface area contributed by atoms with Gasteiger partial charge in [-0.05, 0) is 55.9 Å². The van der Waals surface area contributed by atoms with Crippen LogP contribution < -0.4 is 21.0 Å². The van der Waals surface area contributed by atoms with E-state index in [1.807, 2.05) is 36.5 Å². The van der Waals surface area contributed by atoms with Gasteiger partial charge in [-0.25, -0.2) is 10.4 Å². The van der Waals surface area contributed by atoms with E-state index in [2.05, 4.69) is 40.9 Å². The number of nitrogens with zero attached hydrogens (tertiary/aromatic N) is 4. The van der Waals surface area contributed by atoms with Crippen LogP contribution in [-0.2, 0) is 22.0 Å². The van der Waals surface area contributed by atoms with E-state index in [0.29, 0.717) is 24.3 Å². The normalized spacial score (nSPS) is 26.3. The summed E-state index contributed by atoms with van der Waals surface area (Å²) in [6.45, 7) is 7.11. The quantitative estimate of drug-likeness (QED) is 0.435. The van der Waals surface area contributed by atoms with Crippen LogP contribution in [0.1, 0.15) is 67.1 Å². The number of fused-ring (bicyclic) bond motifs is 1. The van der Waals surface area contributed by atoms with E-state index in [9.17, 15) is 9.00 Å². The third kappa shape index (κ3) is 5.85. The zero-order valence-electron chi connectivity index (χ0n) is 24.2. The van der Waals surface area contributed by atoms with Gasteiger partial charge in [-0.15, -0.1) is 0 Å². The largest absolute Gasteiger partial charge is 0.381 e. The lowest BCUT2D eigenvalue weighted by Crippen LogP contribution is -2.34. The molecular weight excluding hydrogens is 538 g/mol. The van der Waals surface area contributed by atoms with E-state index in [1.54, 1.807) is 0 Å². The number of nitrogens with one attached hydrogen (secondary N) is 3. The Bertz CT molecular complexity index is 1350. The highest BCUT2D eigenvalue weighted by molar-refractivity contribution is 7.85. The first-order chi connectivity index (χ1) is 19.9. The van der Waals surface area contributed by atoms with E-state index in [1.165, 1.54) is 5.56 Å². The van der Waals surface area contributed by atoms with Crippen molar-refractivity contribution in [2.24, 2.45) is 0 Å². The highest BCUT2D eigenvalue weighted by Crippen LogP contribution is 2.39. The van der Waals surface area contributed by atoms with E-state index in [-0.39, 0.29) is 30.0 Å². The number of hydrazine groups is 1. The van der Waals surface area contributed by atoms with Gasteiger partial charge in [0.1, 0.15) is 10.7 Å². The summed E-state index contributed by atoms with van der Waals surface area (Å²) in [4.78, 5) is 26.2. The number of rotatable bonds is 8. The van der Waals surface area contributed by atoms with Crippen molar-refractivity contribution >= 4 is 28.5 Å². The minimum absolute atomic E-state index is 0.0591. The molecular formula is C30H41N7O3S. The molecule has 4 unspecified atom stereocenters. The second-order valence-corrected chi connectivity index (χ2v) is 13.0. The van der Waals surface area contributed by atoms with Crippen LogP contribution in [0.3, 0.4) is 0 Å². The molecule has 5 heterocycles. The van der Waals surface area contributed by atoms with Crippen molar-refractivity contribution < 1.29 is 13.7 Å². The number of hydrogen-bond donors (Lipinski definition) is 3. The smallest absolute Gasteiger partial charge is 0.251 e. The van der Waals surface area contributed by atoms with Gasteiger partial charge in [0.05, 0.1) is 16.5 Å². The Morgan fingerprint density at radius 1 is 1.22 bits per heavy atom. The average Bonchev–Trinajstić information content (AvgIpc) is 3.68. The number of carbonyl (C=O) groups excluding carboxylic acids is 1. The van der Waals surface area contributed by atoms with E-state index in [4.69, 9.17) is 14.7 Å². The number of hydrogen-bond acceptors (Lipinski definition) is 9. The molecule has 6 rings (SSSR count). The van der Waals surface area contributed by atoms with Crippen LogP contribution in [0.5, 0.6) is 0 Å². The molecule has 2 saturated heterocycles. The number of aromatic nitrogens is 2. The Morgan fingerprint density at radius 3 is 2.80 bits per heavy atom. The number of amides is 1. The maximum absolute atomic E-state index is 13.1. The highest BCUT2D eigenvalue weighted by Gasteiger charge is 2.37. The number of ether oxygens (including phenoxy) is 1. The van der Waals surface area contributed by atoms with E-state index >= 15 is 0 Å². The third-order valence-electron chi connectivity index (χ3n) is 8.80. The summed E-state index contributed by atoms with van der Waals surface area (Å²) >= 11 is 0. The predicted molar refractivity (Wildman–Crippen MR) is 160 cm³/mol. The van der Waals surface area contributed by atoms with Crippen molar-refractivity contribution in [3.8, 4) is 0 Å². The number of aryl methyl sites for hydroxylation is 1. The van der Waals surface area contributed by atoms with Crippen LogP contribution in [0.4, 0.5) is 11.8 Å². The molecule has 11 heteroatoms. The molecule has 3 N–H and O–H groups in total. The minimum Gasteiger partial charge on any atom is -0.381 e. The van der Waals surface area contributed by atoms with Crippen LogP contribution in [0, 0.1) is 0 Å². The summed E-state index contributed by atoms with van der Waals surface area (Å²) in [5, 5.41) is 8.62. The van der Waals surface area contributed by atoms with Crippen LogP contribution in [-0.4, -0.2) is 82.3 Å². The van der Waals surface area contributed by atoms with Crippen LogP contribution in [0.25, 0.3) is 0 Å². The number of anilines is 2. The molecule has 4 aliphatic rings. The minimum atomic E-state index is -1.07. The van der Waals surface area contributed by atoms with Crippen molar-refractivity contribution in [1.29, 1.82) is 0 Å². The van der Waals surface area contributed by atoms with Crippen LogP contribution >= 0.6 is 0 Å². The first-order valence-electron chi connectivity index (χ1n) is 14.9. The van der Waals surface area contributed by atoms with Gasteiger partial charge in [-0.1, -0.05) is 19.1 Å². The summed E-state index contributed by atoms with van der Waals surface area (Å²) in [5.41, 5.74) is 7.21. The Hall–Kier alpha value is -3.02. The van der Waals surface area contributed by atoms with Gasteiger partial charge in [0.15, 0.2) is 0 Å². The molecule has 4 atom stereocenters. The van der Waals surface area contributed by atoms with Gasteiger partial charge in [0, 0.05) is 81.3 Å². The molecule has 2 aromatic rings. The molecule has 0 aliphatic carbocycles. The summed E-state index contributed by atoms with van der Waals surface area (Å²) in [6, 6.07) is 8.74. The summed E-state index contributed by atoms with van der Waals surface area (Å²) in [5.74, 6) is 2.27. The molecule has 2 fully saturated rings. The average molecular weight is 580 g/mol. The molecule has 4 aliphatic heterocycles. The molecule has 0 radical (unpaired) electrons. The van der Waals surface area contributed by atoms with Gasteiger partial charge in [-0.2, -0.15) is 4.98 Å². The van der Waals surface area contributed by atoms with Gasteiger partial charge in [0.2, 0.25) is 5.95 Å². The standard InChI is InChI=1S/C30H41N7O3S/c1-4-26-24(20-6-5-7-21(16-20)29(38)31-17-22-18-36(3)35-19(22)2)8-12-37(26)30-33-25-11-15-41(39)27(25)28(34-30)32-23-9-13-40-14-10-23/h5-7,16,18-19,23-24,26,35H,4,8-15,17H2,1-3H3,(H,31,38)(H,32,33,34). The zero-order chi connectivity index (χ0) is 28.5. The molecule has 41 heavy (non-hydrogen) atoms. The SMILES string of the molecule is CCC1C(c2cccc(C(=O)NCC3=CN(C)NC3C)c2)CCN1c1nc2c(c(NC3CCOCC3)n1)S(=O)CC2. The fraction of sp³-hybridized carbons (Fsp3) is 0.567. The second-order valence-electron chi connectivity index (χ2n) is 11.5. The van der Waals surface area contributed by atoms with E-state index < -0.39 is 10.8 Å². The highest BCUT2D eigenvalue weighted by atomic mass is 32.2. The van der Waals surface area contributed by atoms with Gasteiger partial charge in [-0.3, -0.25) is 9.00 Å². The van der Waals surface area contributed by atoms with E-state index in [0.717, 1.165) is 73.4 Å². The Balaban J connectivity index is 1.20. The molecule has 0 spiro atoms. The molecule has 0 saturated carbocycles. The Morgan fingerprint density at radius 2 is 2.05 bits per heavy atom. The first kappa shape index (κ1) is 28.1. The van der Waals surface area contributed by atoms with Gasteiger partial charge < -0.3 is 25.3 Å². The second kappa shape index (κ2) is 12.1. The maximum atomic E-state index is 13.1. The lowest BCUT2D eigenvalue weighted by atomic mass is 9.89. The van der Waals surface area contributed by atoms with Gasteiger partial charge >= 0.3 is 0 Å². The fourth-order valence-corrected chi connectivity index (χ4v) is 7.93. The van der Waals surface area contributed by atoms with Crippen LogP contribution in [0.2, 0.25) is 0 Å². The van der Waals surface area contributed by atoms with Crippen molar-refractivity contribution in [3.63, 3.8) is 0 Å². The maximum Gasteiger partial charge on any atom is 0.251 e. The van der Waals surface area contributed by atoms with Crippen molar-refractivity contribution in [1.82, 2.24) is 25.7 Å². The molecule has 1 aromatic carbocycles. The van der Waals surface area contributed by atoms with Crippen molar-refractivity contribution in [2.75, 3.05) is 49.3 Å². The topological polar surface area (TPSA) is 112 Å². The Labute approximate surface area is 244 Å². The molecule has 1 aromatic heterocycles.